The van der Waals surface area contributed by atoms with Gasteiger partial charge in [0.1, 0.15) is 5.75 Å². The molecule has 0 saturated carbocycles. The number of fused-ring (bicyclic) bond motifs is 1. The first-order chi connectivity index (χ1) is 18.9. The maximum absolute atomic E-state index is 13.5. The molecule has 1 aromatic heterocycles. The Hall–Kier alpha value is -3.85. The van der Waals surface area contributed by atoms with E-state index in [1.54, 1.807) is 66.7 Å². The summed E-state index contributed by atoms with van der Waals surface area (Å²) in [5.74, 6) is 0.0867. The fourth-order valence-corrected chi connectivity index (χ4v) is 4.50. The molecule has 0 bridgehead atoms. The molecule has 0 atom stereocenters. The molecule has 0 aliphatic carbocycles. The molecule has 0 aliphatic heterocycles. The van der Waals surface area contributed by atoms with Gasteiger partial charge in [0, 0.05) is 31.2 Å². The predicted octanol–water partition coefficient (Wildman–Crippen LogP) is 7.74. The van der Waals surface area contributed by atoms with E-state index in [4.69, 9.17) is 21.3 Å². The zero-order valence-electron chi connectivity index (χ0n) is 20.1. The van der Waals surface area contributed by atoms with Crippen LogP contribution in [0.15, 0.2) is 116 Å². The summed E-state index contributed by atoms with van der Waals surface area (Å²) in [5.41, 5.74) is 2.24. The highest BCUT2D eigenvalue weighted by Gasteiger charge is 2.13. The Morgan fingerprint density at radius 3 is 2.41 bits per heavy atom. The van der Waals surface area contributed by atoms with Crippen molar-refractivity contribution in [1.29, 1.82) is 0 Å². The van der Waals surface area contributed by atoms with E-state index in [1.807, 2.05) is 30.3 Å². The van der Waals surface area contributed by atoms with E-state index < -0.39 is 5.97 Å². The number of aromatic nitrogens is 2. The second-order valence-electron chi connectivity index (χ2n) is 8.31. The molecule has 192 valence electrons. The van der Waals surface area contributed by atoms with Crippen LogP contribution in [0.2, 0.25) is 5.02 Å². The lowest BCUT2D eigenvalue weighted by atomic mass is 10.2. The Morgan fingerprint density at radius 2 is 1.64 bits per heavy atom. The summed E-state index contributed by atoms with van der Waals surface area (Å²) in [7, 11) is 0. The lowest BCUT2D eigenvalue weighted by molar-refractivity contribution is -0.128. The van der Waals surface area contributed by atoms with E-state index in [-0.39, 0.29) is 11.3 Å². The summed E-state index contributed by atoms with van der Waals surface area (Å²) >= 11 is 12.8. The first-order valence-corrected chi connectivity index (χ1v) is 13.6. The summed E-state index contributed by atoms with van der Waals surface area (Å²) in [6.45, 7) is 0. The van der Waals surface area contributed by atoms with Gasteiger partial charge in [0.05, 0.1) is 17.1 Å². The van der Waals surface area contributed by atoms with Gasteiger partial charge in [0.2, 0.25) is 0 Å². The van der Waals surface area contributed by atoms with E-state index in [2.05, 4.69) is 37.0 Å². The average Bonchev–Trinajstić information content (AvgIpc) is 2.94. The van der Waals surface area contributed by atoms with Crippen molar-refractivity contribution in [3.05, 3.63) is 133 Å². The van der Waals surface area contributed by atoms with Gasteiger partial charge in [-0.15, -0.1) is 0 Å². The minimum Gasteiger partial charge on any atom is -0.423 e. The lowest BCUT2D eigenvalue weighted by Gasteiger charge is -2.10. The number of carbonyl (C=O) groups excluding carboxylic acids is 1. The Labute approximate surface area is 245 Å². The minimum absolute atomic E-state index is 0.277. The van der Waals surface area contributed by atoms with E-state index in [0.29, 0.717) is 32.9 Å². The highest BCUT2D eigenvalue weighted by atomic mass is 79.9. The number of nitrogens with zero attached hydrogens (tertiary/aromatic N) is 3. The highest BCUT2D eigenvalue weighted by Crippen LogP contribution is 2.24. The fraction of sp³-hybridized carbons (Fsp3) is 0. The van der Waals surface area contributed by atoms with Crippen molar-refractivity contribution in [2.45, 2.75) is 0 Å². The topological polar surface area (TPSA) is 73.5 Å². The minimum atomic E-state index is -0.568. The summed E-state index contributed by atoms with van der Waals surface area (Å²) in [5, 5.41) is 5.54. The molecule has 5 rings (SSSR count). The van der Waals surface area contributed by atoms with Gasteiger partial charge >= 0.3 is 5.97 Å². The molecule has 0 amide bonds. The number of esters is 1. The SMILES string of the molecule is O=C(/C=C/c1ccc(Cl)cc1)Oc1ccc(Br)cc1C=Nn1c(-c2ccc(Br)cc2)nc2ccccc2c1=O. The third-order valence-corrected chi connectivity index (χ3v) is 6.91. The molecule has 5 aromatic rings. The first kappa shape index (κ1) is 26.7. The normalized spacial score (nSPS) is 11.5. The van der Waals surface area contributed by atoms with Crippen LogP contribution in [0.25, 0.3) is 28.4 Å². The predicted molar refractivity (Wildman–Crippen MR) is 162 cm³/mol. The molecular formula is C30H18Br2ClN3O3. The van der Waals surface area contributed by atoms with Crippen LogP contribution in [-0.2, 0) is 4.79 Å². The maximum Gasteiger partial charge on any atom is 0.336 e. The molecule has 0 unspecified atom stereocenters. The standard InChI is InChI=1S/C30H18Br2ClN3O3/c31-22-10-8-20(9-11-22)29-35-26-4-2-1-3-25(26)30(38)36(29)34-18-21-17-23(32)12-15-27(21)39-28(37)16-7-19-5-13-24(33)14-6-19/h1-18H/b16-7+,34-18?. The number of hydrogen-bond donors (Lipinski definition) is 0. The van der Waals surface area contributed by atoms with E-state index in [1.165, 1.54) is 17.0 Å². The number of para-hydroxylation sites is 1. The molecule has 1 heterocycles. The van der Waals surface area contributed by atoms with Crippen LogP contribution < -0.4 is 10.3 Å². The average molecular weight is 664 g/mol. The van der Waals surface area contributed by atoms with Crippen molar-refractivity contribution in [2.24, 2.45) is 5.10 Å². The first-order valence-electron chi connectivity index (χ1n) is 11.6. The Balaban J connectivity index is 1.51. The Kier molecular flexibility index (Phi) is 8.16. The molecule has 0 N–H and O–H groups in total. The van der Waals surface area contributed by atoms with Crippen LogP contribution in [0, 0.1) is 0 Å². The molecule has 0 fully saturated rings. The Morgan fingerprint density at radius 1 is 0.923 bits per heavy atom. The van der Waals surface area contributed by atoms with Crippen molar-refractivity contribution in [3.8, 4) is 17.1 Å². The van der Waals surface area contributed by atoms with Crippen molar-refractivity contribution >= 4 is 72.6 Å². The van der Waals surface area contributed by atoms with Crippen LogP contribution in [0.1, 0.15) is 11.1 Å². The van der Waals surface area contributed by atoms with Gasteiger partial charge in [0.25, 0.3) is 5.56 Å². The summed E-state index contributed by atoms with van der Waals surface area (Å²) < 4.78 is 8.49. The second kappa shape index (κ2) is 11.9. The van der Waals surface area contributed by atoms with E-state index in [0.717, 1.165) is 14.5 Å². The van der Waals surface area contributed by atoms with Crippen molar-refractivity contribution in [3.63, 3.8) is 0 Å². The fourth-order valence-electron chi connectivity index (χ4n) is 3.73. The Bertz CT molecular complexity index is 1800. The van der Waals surface area contributed by atoms with Crippen LogP contribution >= 0.6 is 43.5 Å². The number of carbonyl (C=O) groups is 1. The van der Waals surface area contributed by atoms with Gasteiger partial charge < -0.3 is 4.74 Å². The third-order valence-electron chi connectivity index (χ3n) is 5.63. The number of hydrogen-bond acceptors (Lipinski definition) is 5. The van der Waals surface area contributed by atoms with Crippen LogP contribution in [0.3, 0.4) is 0 Å². The molecule has 4 aromatic carbocycles. The van der Waals surface area contributed by atoms with Gasteiger partial charge in [0.15, 0.2) is 5.82 Å². The van der Waals surface area contributed by atoms with Gasteiger partial charge in [-0.2, -0.15) is 9.78 Å². The maximum atomic E-state index is 13.5. The number of ether oxygens (including phenoxy) is 1. The largest absolute Gasteiger partial charge is 0.423 e. The number of halogens is 3. The quantitative estimate of drug-likeness (QED) is 0.0807. The molecule has 0 radical (unpaired) electrons. The van der Waals surface area contributed by atoms with Crippen LogP contribution in [0.4, 0.5) is 0 Å². The zero-order chi connectivity index (χ0) is 27.4. The van der Waals surface area contributed by atoms with Crippen molar-refractivity contribution < 1.29 is 9.53 Å². The molecule has 6 nitrogen and oxygen atoms in total. The number of benzene rings is 4. The van der Waals surface area contributed by atoms with Gasteiger partial charge in [-0.05, 0) is 66.2 Å². The third kappa shape index (κ3) is 6.42. The van der Waals surface area contributed by atoms with Gasteiger partial charge in [-0.1, -0.05) is 79.9 Å². The van der Waals surface area contributed by atoms with Gasteiger partial charge in [-0.25, -0.2) is 9.78 Å². The van der Waals surface area contributed by atoms with Crippen molar-refractivity contribution in [2.75, 3.05) is 0 Å². The summed E-state index contributed by atoms with van der Waals surface area (Å²) in [4.78, 5) is 30.8. The molecule has 0 spiro atoms. The second-order valence-corrected chi connectivity index (χ2v) is 10.6. The van der Waals surface area contributed by atoms with Gasteiger partial charge in [-0.3, -0.25) is 4.79 Å². The monoisotopic (exact) mass is 661 g/mol. The van der Waals surface area contributed by atoms with E-state index in [9.17, 15) is 9.59 Å². The lowest BCUT2D eigenvalue weighted by Crippen LogP contribution is -2.20. The van der Waals surface area contributed by atoms with E-state index >= 15 is 0 Å². The molecule has 0 saturated heterocycles. The van der Waals surface area contributed by atoms with Crippen LogP contribution in [0.5, 0.6) is 5.75 Å². The summed E-state index contributed by atoms with van der Waals surface area (Å²) in [6.07, 6.45) is 4.43. The molecule has 39 heavy (non-hydrogen) atoms. The zero-order valence-corrected chi connectivity index (χ0v) is 24.0. The number of rotatable bonds is 6. The smallest absolute Gasteiger partial charge is 0.336 e. The van der Waals surface area contributed by atoms with Crippen molar-refractivity contribution in [1.82, 2.24) is 9.66 Å². The molecule has 9 heteroatoms. The summed E-state index contributed by atoms with van der Waals surface area (Å²) in [6, 6.07) is 26.8. The highest BCUT2D eigenvalue weighted by molar-refractivity contribution is 9.10. The molecular weight excluding hydrogens is 646 g/mol. The van der Waals surface area contributed by atoms with Crippen LogP contribution in [-0.4, -0.2) is 21.8 Å². The molecule has 0 aliphatic rings.